The number of aryl methyl sites for hydroxylation is 1. The van der Waals surface area contributed by atoms with Crippen LogP contribution in [0.15, 0.2) is 18.2 Å². The molecular weight excluding hydrogens is 202 g/mol. The van der Waals surface area contributed by atoms with Gasteiger partial charge in [-0.3, -0.25) is 0 Å². The van der Waals surface area contributed by atoms with E-state index in [1.165, 1.54) is 0 Å². The van der Waals surface area contributed by atoms with Gasteiger partial charge in [-0.1, -0.05) is 6.07 Å². The number of aliphatic hydroxyl groups is 1. The summed E-state index contributed by atoms with van der Waals surface area (Å²) in [7, 11) is 0. The van der Waals surface area contributed by atoms with Gasteiger partial charge in [-0.15, -0.1) is 0 Å². The van der Waals surface area contributed by atoms with E-state index in [0.29, 0.717) is 0 Å². The molecule has 4 N–H and O–H groups in total. The van der Waals surface area contributed by atoms with Crippen molar-refractivity contribution in [2.45, 2.75) is 31.4 Å². The van der Waals surface area contributed by atoms with Crippen LogP contribution < -0.4 is 5.73 Å². The lowest BCUT2D eigenvalue weighted by atomic mass is 10.0. The number of rotatable bonds is 2. The monoisotopic (exact) mass is 217 g/mol. The molecule has 1 aromatic heterocycles. The van der Waals surface area contributed by atoms with Crippen LogP contribution in [0.3, 0.4) is 0 Å². The molecule has 3 rings (SSSR count). The fraction of sp³-hybridized carbons (Fsp3) is 0.417. The van der Waals surface area contributed by atoms with E-state index < -0.39 is 11.6 Å². The Kier molecular flexibility index (Phi) is 1.87. The summed E-state index contributed by atoms with van der Waals surface area (Å²) in [6.07, 6.45) is 1.23. The highest BCUT2D eigenvalue weighted by Gasteiger charge is 2.45. The van der Waals surface area contributed by atoms with Gasteiger partial charge in [-0.2, -0.15) is 0 Å². The molecule has 16 heavy (non-hydrogen) atoms. The molecule has 1 heterocycles. The van der Waals surface area contributed by atoms with Crippen molar-refractivity contribution < 1.29 is 5.11 Å². The highest BCUT2D eigenvalue weighted by atomic mass is 16.3. The van der Waals surface area contributed by atoms with Crippen LogP contribution in [0.5, 0.6) is 0 Å². The van der Waals surface area contributed by atoms with Gasteiger partial charge in [0.15, 0.2) is 0 Å². The van der Waals surface area contributed by atoms with E-state index in [1.807, 2.05) is 25.1 Å². The summed E-state index contributed by atoms with van der Waals surface area (Å²) in [6.45, 7) is 1.92. The van der Waals surface area contributed by atoms with E-state index in [-0.39, 0.29) is 0 Å². The van der Waals surface area contributed by atoms with Gasteiger partial charge in [0, 0.05) is 5.54 Å². The third kappa shape index (κ3) is 1.42. The van der Waals surface area contributed by atoms with Crippen LogP contribution in [0.25, 0.3) is 11.0 Å². The average molecular weight is 217 g/mol. The van der Waals surface area contributed by atoms with Crippen LogP contribution in [0.4, 0.5) is 0 Å². The smallest absolute Gasteiger partial charge is 0.104 e. The Morgan fingerprint density at radius 1 is 1.50 bits per heavy atom. The molecule has 1 atom stereocenters. The highest BCUT2D eigenvalue weighted by molar-refractivity contribution is 5.76. The molecule has 1 aliphatic carbocycles. The number of hydrogen-bond acceptors (Lipinski definition) is 3. The minimum atomic E-state index is -0.569. The summed E-state index contributed by atoms with van der Waals surface area (Å²) in [5.41, 5.74) is 8.35. The zero-order chi connectivity index (χ0) is 11.3. The lowest BCUT2D eigenvalue weighted by molar-refractivity contribution is 0.136. The molecule has 4 nitrogen and oxygen atoms in total. The largest absolute Gasteiger partial charge is 0.386 e. The quantitative estimate of drug-likeness (QED) is 0.711. The Bertz CT molecular complexity index is 542. The summed E-state index contributed by atoms with van der Waals surface area (Å²) < 4.78 is 0. The maximum atomic E-state index is 10.1. The van der Waals surface area contributed by atoms with Crippen molar-refractivity contribution in [3.63, 3.8) is 0 Å². The number of benzene rings is 1. The number of aromatic nitrogens is 2. The normalized spacial score (nSPS) is 19.9. The number of aromatic amines is 1. The Morgan fingerprint density at radius 2 is 2.25 bits per heavy atom. The molecule has 1 fully saturated rings. The second-order valence-corrected chi connectivity index (χ2v) is 4.73. The van der Waals surface area contributed by atoms with Gasteiger partial charge >= 0.3 is 0 Å². The fourth-order valence-electron chi connectivity index (χ4n) is 2.07. The van der Waals surface area contributed by atoms with Gasteiger partial charge in [0.25, 0.3) is 0 Å². The van der Waals surface area contributed by atoms with Crippen LogP contribution >= 0.6 is 0 Å². The number of nitrogens with zero attached hydrogens (tertiary/aromatic N) is 1. The maximum Gasteiger partial charge on any atom is 0.104 e. The summed E-state index contributed by atoms with van der Waals surface area (Å²) in [6, 6.07) is 5.76. The molecule has 4 heteroatoms. The number of H-pyrrole nitrogens is 1. The van der Waals surface area contributed by atoms with Crippen molar-refractivity contribution in [1.82, 2.24) is 9.97 Å². The average Bonchev–Trinajstić information content (AvgIpc) is 2.89. The summed E-state index contributed by atoms with van der Waals surface area (Å²) >= 11 is 0. The molecule has 0 aliphatic heterocycles. The molecule has 0 saturated heterocycles. The first-order chi connectivity index (χ1) is 7.58. The number of nitrogens with one attached hydrogen (secondary N) is 1. The van der Waals surface area contributed by atoms with Crippen molar-refractivity contribution >= 4 is 11.0 Å². The van der Waals surface area contributed by atoms with E-state index in [2.05, 4.69) is 9.97 Å². The topological polar surface area (TPSA) is 74.9 Å². The van der Waals surface area contributed by atoms with Gasteiger partial charge in [-0.05, 0) is 37.5 Å². The van der Waals surface area contributed by atoms with Crippen molar-refractivity contribution in [2.75, 3.05) is 0 Å². The van der Waals surface area contributed by atoms with E-state index in [9.17, 15) is 5.11 Å². The SMILES string of the molecule is Cc1nc2ccc(C(O)C3(N)CC3)cc2[nH]1. The van der Waals surface area contributed by atoms with Crippen LogP contribution in [0.1, 0.15) is 30.3 Å². The van der Waals surface area contributed by atoms with Crippen LogP contribution in [0, 0.1) is 6.92 Å². The summed E-state index contributed by atoms with van der Waals surface area (Å²) in [5.74, 6) is 0.885. The Morgan fingerprint density at radius 3 is 2.94 bits per heavy atom. The molecule has 2 aromatic rings. The molecular formula is C12H15N3O. The molecule has 84 valence electrons. The minimum absolute atomic E-state index is 0.400. The predicted octanol–water partition coefficient (Wildman–Crippen LogP) is 1.40. The first-order valence-electron chi connectivity index (χ1n) is 5.52. The molecule has 1 unspecified atom stereocenters. The number of aliphatic hydroxyl groups excluding tert-OH is 1. The first-order valence-corrected chi connectivity index (χ1v) is 5.52. The highest BCUT2D eigenvalue weighted by Crippen LogP contribution is 2.43. The van der Waals surface area contributed by atoms with E-state index in [0.717, 1.165) is 35.3 Å². The molecule has 0 radical (unpaired) electrons. The predicted molar refractivity (Wildman–Crippen MR) is 61.9 cm³/mol. The fourth-order valence-corrected chi connectivity index (χ4v) is 2.07. The first kappa shape index (κ1) is 9.81. The Hall–Kier alpha value is -1.39. The van der Waals surface area contributed by atoms with Gasteiger partial charge in [0.1, 0.15) is 5.82 Å². The zero-order valence-corrected chi connectivity index (χ0v) is 9.20. The van der Waals surface area contributed by atoms with Crippen molar-refractivity contribution in [2.24, 2.45) is 5.73 Å². The molecule has 1 aromatic carbocycles. The molecule has 0 bridgehead atoms. The summed E-state index contributed by atoms with van der Waals surface area (Å²) in [4.78, 5) is 7.49. The van der Waals surface area contributed by atoms with E-state index >= 15 is 0 Å². The van der Waals surface area contributed by atoms with Gasteiger partial charge in [-0.25, -0.2) is 4.98 Å². The number of hydrogen-bond donors (Lipinski definition) is 3. The molecule has 0 amide bonds. The standard InChI is InChI=1S/C12H15N3O/c1-7-14-9-3-2-8(6-10(9)15-7)11(16)12(13)4-5-12/h2-3,6,11,16H,4-5,13H2,1H3,(H,14,15). The van der Waals surface area contributed by atoms with Crippen LogP contribution in [-0.2, 0) is 0 Å². The number of nitrogens with two attached hydrogens (primary N) is 1. The van der Waals surface area contributed by atoms with E-state index in [4.69, 9.17) is 5.73 Å². The second-order valence-electron chi connectivity index (χ2n) is 4.73. The van der Waals surface area contributed by atoms with Crippen molar-refractivity contribution in [1.29, 1.82) is 0 Å². The van der Waals surface area contributed by atoms with E-state index in [1.54, 1.807) is 0 Å². The van der Waals surface area contributed by atoms with Gasteiger partial charge < -0.3 is 15.8 Å². The zero-order valence-electron chi connectivity index (χ0n) is 9.20. The molecule has 1 aliphatic rings. The Balaban J connectivity index is 2.04. The second kappa shape index (κ2) is 3.06. The van der Waals surface area contributed by atoms with Crippen molar-refractivity contribution in [3.8, 4) is 0 Å². The minimum Gasteiger partial charge on any atom is -0.386 e. The lowest BCUT2D eigenvalue weighted by Gasteiger charge is -2.17. The third-order valence-electron chi connectivity index (χ3n) is 3.31. The van der Waals surface area contributed by atoms with Crippen LogP contribution in [0.2, 0.25) is 0 Å². The molecule has 0 spiro atoms. The van der Waals surface area contributed by atoms with Crippen molar-refractivity contribution in [3.05, 3.63) is 29.6 Å². The molecule has 1 saturated carbocycles. The van der Waals surface area contributed by atoms with Gasteiger partial charge in [0.05, 0.1) is 17.1 Å². The summed E-state index contributed by atoms with van der Waals surface area (Å²) in [5, 5.41) is 10.1. The third-order valence-corrected chi connectivity index (χ3v) is 3.31. The lowest BCUT2D eigenvalue weighted by Crippen LogP contribution is -2.30. The van der Waals surface area contributed by atoms with Crippen LogP contribution in [-0.4, -0.2) is 20.6 Å². The maximum absolute atomic E-state index is 10.1. The Labute approximate surface area is 93.5 Å². The van der Waals surface area contributed by atoms with Gasteiger partial charge in [0.2, 0.25) is 0 Å². The number of fused-ring (bicyclic) bond motifs is 1. The number of imidazole rings is 1.